The zero-order valence-corrected chi connectivity index (χ0v) is 12.5. The first-order valence-corrected chi connectivity index (χ1v) is 7.09. The first-order valence-electron chi connectivity index (χ1n) is 7.09. The molecule has 2 rings (SSSR count). The molecule has 0 bridgehead atoms. The molecule has 0 radical (unpaired) electrons. The fraction of sp³-hybridized carbons (Fsp3) is 0.438. The third-order valence-corrected chi connectivity index (χ3v) is 3.46. The predicted molar refractivity (Wildman–Crippen MR) is 80.9 cm³/mol. The van der Waals surface area contributed by atoms with Gasteiger partial charge in [-0.3, -0.25) is 4.68 Å². The van der Waals surface area contributed by atoms with Crippen LogP contribution in [0.3, 0.4) is 0 Å². The van der Waals surface area contributed by atoms with Gasteiger partial charge in [-0.05, 0) is 18.6 Å². The fourth-order valence-corrected chi connectivity index (χ4v) is 2.40. The summed E-state index contributed by atoms with van der Waals surface area (Å²) in [6.45, 7) is 3.10. The van der Waals surface area contributed by atoms with Gasteiger partial charge in [0.05, 0.1) is 12.8 Å². The van der Waals surface area contributed by atoms with Crippen LogP contribution in [-0.4, -0.2) is 23.4 Å². The molecule has 108 valence electrons. The van der Waals surface area contributed by atoms with Crippen molar-refractivity contribution in [2.45, 2.75) is 25.8 Å². The van der Waals surface area contributed by atoms with E-state index in [1.165, 1.54) is 5.56 Å². The number of nitrogens with one attached hydrogen (secondary N) is 1. The molecule has 1 aromatic carbocycles. The van der Waals surface area contributed by atoms with Crippen LogP contribution in [0.15, 0.2) is 36.5 Å². The molecule has 0 aliphatic rings. The number of aryl methyl sites for hydroxylation is 1. The van der Waals surface area contributed by atoms with E-state index in [0.29, 0.717) is 6.04 Å². The Morgan fingerprint density at radius 2 is 2.10 bits per heavy atom. The summed E-state index contributed by atoms with van der Waals surface area (Å²) in [5, 5.41) is 7.98. The van der Waals surface area contributed by atoms with E-state index in [1.54, 1.807) is 7.11 Å². The minimum atomic E-state index is 0.315. The molecule has 2 aromatic rings. The Bertz CT molecular complexity index is 536. The maximum absolute atomic E-state index is 5.44. The standard InChI is InChI=1S/C16H23N3O/c1-4-15(14-7-5-6-8-16(14)20-3)17-11-9-13-10-12-19(2)18-13/h5-8,10,12,15,17H,4,9,11H2,1-3H3. The van der Waals surface area contributed by atoms with Gasteiger partial charge in [0, 0.05) is 37.8 Å². The molecule has 4 nitrogen and oxygen atoms in total. The molecule has 1 heterocycles. The smallest absolute Gasteiger partial charge is 0.123 e. The van der Waals surface area contributed by atoms with Crippen molar-refractivity contribution in [1.29, 1.82) is 0 Å². The zero-order valence-electron chi connectivity index (χ0n) is 12.5. The van der Waals surface area contributed by atoms with E-state index in [4.69, 9.17) is 4.74 Å². The van der Waals surface area contributed by atoms with Crippen molar-refractivity contribution in [3.63, 3.8) is 0 Å². The molecule has 0 aliphatic heterocycles. The summed E-state index contributed by atoms with van der Waals surface area (Å²) in [7, 11) is 3.67. The second kappa shape index (κ2) is 7.10. The highest BCUT2D eigenvalue weighted by Gasteiger charge is 2.13. The molecule has 20 heavy (non-hydrogen) atoms. The first kappa shape index (κ1) is 14.6. The molecule has 0 fully saturated rings. The molecule has 1 aromatic heterocycles. The summed E-state index contributed by atoms with van der Waals surface area (Å²) >= 11 is 0. The van der Waals surface area contributed by atoms with Gasteiger partial charge < -0.3 is 10.1 Å². The summed E-state index contributed by atoms with van der Waals surface area (Å²) in [5.74, 6) is 0.949. The molecular formula is C16H23N3O. The number of hydrogen-bond acceptors (Lipinski definition) is 3. The van der Waals surface area contributed by atoms with Crippen LogP contribution in [0.1, 0.15) is 30.6 Å². The van der Waals surface area contributed by atoms with E-state index >= 15 is 0 Å². The van der Waals surface area contributed by atoms with Crippen LogP contribution in [-0.2, 0) is 13.5 Å². The lowest BCUT2D eigenvalue weighted by Crippen LogP contribution is -2.23. The van der Waals surface area contributed by atoms with E-state index < -0.39 is 0 Å². The quantitative estimate of drug-likeness (QED) is 0.843. The van der Waals surface area contributed by atoms with E-state index in [9.17, 15) is 0 Å². The molecular weight excluding hydrogens is 250 g/mol. The van der Waals surface area contributed by atoms with Crippen LogP contribution < -0.4 is 10.1 Å². The number of ether oxygens (including phenoxy) is 1. The Morgan fingerprint density at radius 3 is 2.75 bits per heavy atom. The van der Waals surface area contributed by atoms with Crippen molar-refractivity contribution in [3.8, 4) is 5.75 Å². The zero-order chi connectivity index (χ0) is 14.4. The first-order chi connectivity index (χ1) is 9.74. The highest BCUT2D eigenvalue weighted by atomic mass is 16.5. The van der Waals surface area contributed by atoms with Crippen LogP contribution >= 0.6 is 0 Å². The molecule has 0 spiro atoms. The highest BCUT2D eigenvalue weighted by Crippen LogP contribution is 2.26. The fourth-order valence-electron chi connectivity index (χ4n) is 2.40. The molecule has 1 unspecified atom stereocenters. The number of aromatic nitrogens is 2. The Morgan fingerprint density at radius 1 is 1.30 bits per heavy atom. The molecule has 4 heteroatoms. The molecule has 0 amide bonds. The van der Waals surface area contributed by atoms with Crippen molar-refractivity contribution in [3.05, 3.63) is 47.8 Å². The lowest BCUT2D eigenvalue weighted by molar-refractivity contribution is 0.397. The van der Waals surface area contributed by atoms with E-state index in [-0.39, 0.29) is 0 Å². The Balaban J connectivity index is 1.95. The normalized spacial score (nSPS) is 12.3. The number of para-hydroxylation sites is 1. The number of rotatable bonds is 7. The molecule has 0 saturated heterocycles. The van der Waals surface area contributed by atoms with Crippen LogP contribution in [0.2, 0.25) is 0 Å². The maximum atomic E-state index is 5.44. The average molecular weight is 273 g/mol. The third-order valence-electron chi connectivity index (χ3n) is 3.46. The number of methoxy groups -OCH3 is 1. The van der Waals surface area contributed by atoms with Crippen LogP contribution in [0.4, 0.5) is 0 Å². The molecule has 0 saturated carbocycles. The Hall–Kier alpha value is -1.81. The van der Waals surface area contributed by atoms with E-state index in [0.717, 1.165) is 30.8 Å². The van der Waals surface area contributed by atoms with Gasteiger partial charge >= 0.3 is 0 Å². The Labute approximate surface area is 120 Å². The molecule has 1 N–H and O–H groups in total. The van der Waals surface area contributed by atoms with Gasteiger partial charge in [-0.2, -0.15) is 5.10 Å². The van der Waals surface area contributed by atoms with E-state index in [1.807, 2.05) is 30.1 Å². The topological polar surface area (TPSA) is 39.1 Å². The lowest BCUT2D eigenvalue weighted by atomic mass is 10.0. The van der Waals surface area contributed by atoms with Crippen molar-refractivity contribution in [2.24, 2.45) is 7.05 Å². The van der Waals surface area contributed by atoms with Gasteiger partial charge in [0.15, 0.2) is 0 Å². The monoisotopic (exact) mass is 273 g/mol. The van der Waals surface area contributed by atoms with Gasteiger partial charge in [0.2, 0.25) is 0 Å². The van der Waals surface area contributed by atoms with Crippen LogP contribution in [0.5, 0.6) is 5.75 Å². The van der Waals surface area contributed by atoms with E-state index in [2.05, 4.69) is 35.5 Å². The van der Waals surface area contributed by atoms with Gasteiger partial charge in [0.1, 0.15) is 5.75 Å². The van der Waals surface area contributed by atoms with Crippen molar-refractivity contribution in [2.75, 3.05) is 13.7 Å². The van der Waals surface area contributed by atoms with Crippen LogP contribution in [0.25, 0.3) is 0 Å². The predicted octanol–water partition coefficient (Wildman–Crippen LogP) is 2.71. The highest BCUT2D eigenvalue weighted by molar-refractivity contribution is 5.35. The largest absolute Gasteiger partial charge is 0.496 e. The lowest BCUT2D eigenvalue weighted by Gasteiger charge is -2.19. The summed E-state index contributed by atoms with van der Waals surface area (Å²) in [4.78, 5) is 0. The minimum absolute atomic E-state index is 0.315. The van der Waals surface area contributed by atoms with Gasteiger partial charge in [-0.1, -0.05) is 25.1 Å². The Kier molecular flexibility index (Phi) is 5.18. The van der Waals surface area contributed by atoms with Crippen molar-refractivity contribution >= 4 is 0 Å². The van der Waals surface area contributed by atoms with Crippen molar-refractivity contribution in [1.82, 2.24) is 15.1 Å². The second-order valence-corrected chi connectivity index (χ2v) is 4.89. The number of benzene rings is 1. The van der Waals surface area contributed by atoms with Crippen molar-refractivity contribution < 1.29 is 4.74 Å². The van der Waals surface area contributed by atoms with Crippen LogP contribution in [0, 0.1) is 0 Å². The second-order valence-electron chi connectivity index (χ2n) is 4.89. The van der Waals surface area contributed by atoms with Gasteiger partial charge in [0.25, 0.3) is 0 Å². The summed E-state index contributed by atoms with van der Waals surface area (Å²) in [5.41, 5.74) is 2.34. The molecule has 0 aliphatic carbocycles. The summed E-state index contributed by atoms with van der Waals surface area (Å²) in [6.07, 6.45) is 3.95. The summed E-state index contributed by atoms with van der Waals surface area (Å²) in [6, 6.07) is 10.6. The number of nitrogens with zero attached hydrogens (tertiary/aromatic N) is 2. The summed E-state index contributed by atoms with van der Waals surface area (Å²) < 4.78 is 7.28. The van der Waals surface area contributed by atoms with Gasteiger partial charge in [-0.15, -0.1) is 0 Å². The maximum Gasteiger partial charge on any atom is 0.123 e. The average Bonchev–Trinajstić information content (AvgIpc) is 2.89. The van der Waals surface area contributed by atoms with Gasteiger partial charge in [-0.25, -0.2) is 0 Å². The minimum Gasteiger partial charge on any atom is -0.496 e. The third kappa shape index (κ3) is 3.61. The SMILES string of the molecule is CCC(NCCc1ccn(C)n1)c1ccccc1OC. The number of hydrogen-bond donors (Lipinski definition) is 1. The molecule has 1 atom stereocenters.